The van der Waals surface area contributed by atoms with Crippen molar-refractivity contribution >= 4 is 0 Å². The molecule has 0 aromatic rings. The summed E-state index contributed by atoms with van der Waals surface area (Å²) in [5.41, 5.74) is -0.359. The molecule has 106 valence electrons. The Morgan fingerprint density at radius 2 is 1.61 bits per heavy atom. The van der Waals surface area contributed by atoms with Crippen LogP contribution in [0.4, 0.5) is 13.2 Å². The average Bonchev–Trinajstić information content (AvgIpc) is 2.95. The van der Waals surface area contributed by atoms with E-state index in [1.807, 2.05) is 0 Å². The van der Waals surface area contributed by atoms with E-state index in [1.54, 1.807) is 0 Å². The van der Waals surface area contributed by atoms with Gasteiger partial charge in [0.25, 0.3) is 0 Å². The second kappa shape index (κ2) is 5.37. The van der Waals surface area contributed by atoms with Crippen LogP contribution >= 0.6 is 0 Å². The van der Waals surface area contributed by atoms with Crippen molar-refractivity contribution in [3.8, 4) is 0 Å². The lowest BCUT2D eigenvalue weighted by Gasteiger charge is -2.42. The first-order valence-corrected chi connectivity index (χ1v) is 6.94. The highest BCUT2D eigenvalue weighted by Crippen LogP contribution is 2.42. The number of likely N-dealkylation sites (tertiary alicyclic amines) is 1. The van der Waals surface area contributed by atoms with Crippen LogP contribution in [0.2, 0.25) is 0 Å². The first-order chi connectivity index (χ1) is 8.44. The van der Waals surface area contributed by atoms with E-state index in [-0.39, 0.29) is 12.0 Å². The normalized spacial score (nSPS) is 26.7. The number of hydrogen-bond donors (Lipinski definition) is 1. The fourth-order valence-electron chi connectivity index (χ4n) is 3.58. The highest BCUT2D eigenvalue weighted by molar-refractivity contribution is 5.01. The van der Waals surface area contributed by atoms with Gasteiger partial charge in [-0.1, -0.05) is 12.8 Å². The quantitative estimate of drug-likeness (QED) is 0.844. The van der Waals surface area contributed by atoms with Gasteiger partial charge < -0.3 is 5.11 Å². The minimum Gasteiger partial charge on any atom is -0.391 e. The summed E-state index contributed by atoms with van der Waals surface area (Å²) in [5, 5.41) is 10.3. The van der Waals surface area contributed by atoms with Gasteiger partial charge in [-0.2, -0.15) is 13.2 Å². The predicted molar refractivity (Wildman–Crippen MR) is 63.3 cm³/mol. The molecule has 1 saturated heterocycles. The highest BCUT2D eigenvalue weighted by Gasteiger charge is 2.46. The van der Waals surface area contributed by atoms with E-state index < -0.39 is 18.7 Å². The second-order valence-corrected chi connectivity index (χ2v) is 5.67. The van der Waals surface area contributed by atoms with E-state index in [9.17, 15) is 18.3 Å². The third kappa shape index (κ3) is 2.99. The van der Waals surface area contributed by atoms with Crippen LogP contribution in [0.5, 0.6) is 0 Å². The molecular weight excluding hydrogens is 243 g/mol. The third-order valence-electron chi connectivity index (χ3n) is 4.53. The summed E-state index contributed by atoms with van der Waals surface area (Å²) in [6.45, 7) is 1.87. The van der Waals surface area contributed by atoms with Gasteiger partial charge in [0.05, 0.1) is 6.10 Å². The van der Waals surface area contributed by atoms with Crippen LogP contribution < -0.4 is 0 Å². The lowest BCUT2D eigenvalue weighted by atomic mass is 9.86. The monoisotopic (exact) mass is 265 g/mol. The topological polar surface area (TPSA) is 23.5 Å². The first-order valence-electron chi connectivity index (χ1n) is 6.94. The van der Waals surface area contributed by atoms with Crippen LogP contribution in [0.25, 0.3) is 0 Å². The summed E-state index contributed by atoms with van der Waals surface area (Å²) in [7, 11) is 0. The van der Waals surface area contributed by atoms with E-state index in [1.165, 1.54) is 0 Å². The molecule has 0 amide bonds. The molecule has 2 nitrogen and oxygen atoms in total. The maximum absolute atomic E-state index is 12.3. The van der Waals surface area contributed by atoms with Crippen molar-refractivity contribution in [2.75, 3.05) is 13.1 Å². The molecule has 0 spiro atoms. The summed E-state index contributed by atoms with van der Waals surface area (Å²) in [6, 6.07) is 0. The van der Waals surface area contributed by atoms with Crippen LogP contribution in [-0.4, -0.2) is 40.9 Å². The number of alkyl halides is 3. The summed E-state index contributed by atoms with van der Waals surface area (Å²) in [4.78, 5) is 2.25. The smallest absolute Gasteiger partial charge is 0.389 e. The van der Waals surface area contributed by atoms with Gasteiger partial charge in [0, 0.05) is 12.0 Å². The third-order valence-corrected chi connectivity index (χ3v) is 4.53. The standard InChI is InChI=1S/C13H22F3NO/c14-13(15,16)8-5-11(18)12(6-1-2-7-12)17-9-3-4-10-17/h11,18H,1-10H2. The van der Waals surface area contributed by atoms with Gasteiger partial charge >= 0.3 is 6.18 Å². The van der Waals surface area contributed by atoms with Gasteiger partial charge in [0.2, 0.25) is 0 Å². The van der Waals surface area contributed by atoms with Gasteiger partial charge in [-0.3, -0.25) is 4.90 Å². The zero-order valence-electron chi connectivity index (χ0n) is 10.7. The Kier molecular flexibility index (Phi) is 4.22. The largest absolute Gasteiger partial charge is 0.391 e. The molecule has 1 atom stereocenters. The Hall–Kier alpha value is -0.290. The van der Waals surface area contributed by atoms with Crippen molar-refractivity contribution in [2.45, 2.75) is 69.2 Å². The van der Waals surface area contributed by atoms with Gasteiger partial charge in [-0.25, -0.2) is 0 Å². The van der Waals surface area contributed by atoms with Crippen molar-refractivity contribution in [3.63, 3.8) is 0 Å². The number of nitrogens with zero attached hydrogens (tertiary/aromatic N) is 1. The van der Waals surface area contributed by atoms with E-state index >= 15 is 0 Å². The van der Waals surface area contributed by atoms with Crippen LogP contribution in [-0.2, 0) is 0 Å². The molecule has 5 heteroatoms. The summed E-state index contributed by atoms with van der Waals surface area (Å²) in [5.74, 6) is 0. The SMILES string of the molecule is OC(CCC(F)(F)F)C1(N2CCCC2)CCCC1. The Balaban J connectivity index is 2.00. The lowest BCUT2D eigenvalue weighted by Crippen LogP contribution is -2.54. The molecule has 0 bridgehead atoms. The van der Waals surface area contributed by atoms with Gasteiger partial charge in [-0.15, -0.1) is 0 Å². The minimum absolute atomic E-state index is 0.153. The molecule has 1 heterocycles. The molecule has 1 unspecified atom stereocenters. The number of aliphatic hydroxyl groups excluding tert-OH is 1. The molecule has 2 fully saturated rings. The summed E-state index contributed by atoms with van der Waals surface area (Å²) >= 11 is 0. The zero-order chi connectivity index (χ0) is 13.2. The van der Waals surface area contributed by atoms with Crippen LogP contribution in [0.3, 0.4) is 0 Å². The molecule has 0 aromatic heterocycles. The fraction of sp³-hybridized carbons (Fsp3) is 1.00. The minimum atomic E-state index is -4.16. The molecule has 2 rings (SSSR count). The number of hydrogen-bond acceptors (Lipinski definition) is 2. The average molecular weight is 265 g/mol. The van der Waals surface area contributed by atoms with Crippen LogP contribution in [0.1, 0.15) is 51.4 Å². The van der Waals surface area contributed by atoms with Gasteiger partial charge in [0.15, 0.2) is 0 Å². The van der Waals surface area contributed by atoms with E-state index in [4.69, 9.17) is 0 Å². The molecule has 1 aliphatic heterocycles. The molecule has 1 aliphatic carbocycles. The van der Waals surface area contributed by atoms with Crippen molar-refractivity contribution in [1.82, 2.24) is 4.90 Å². The molecule has 0 radical (unpaired) electrons. The molecule has 0 aromatic carbocycles. The Morgan fingerprint density at radius 3 is 2.11 bits per heavy atom. The first kappa shape index (κ1) is 14.1. The maximum atomic E-state index is 12.3. The number of aliphatic hydroxyl groups is 1. The van der Waals surface area contributed by atoms with Crippen LogP contribution in [0, 0.1) is 0 Å². The van der Waals surface area contributed by atoms with Crippen molar-refractivity contribution < 1.29 is 18.3 Å². The zero-order valence-corrected chi connectivity index (χ0v) is 10.7. The molecule has 18 heavy (non-hydrogen) atoms. The van der Waals surface area contributed by atoms with Gasteiger partial charge in [-0.05, 0) is 45.2 Å². The Morgan fingerprint density at radius 1 is 1.06 bits per heavy atom. The molecule has 1 N–H and O–H groups in total. The van der Waals surface area contributed by atoms with E-state index in [2.05, 4.69) is 4.90 Å². The summed E-state index contributed by atoms with van der Waals surface area (Å²) < 4.78 is 36.8. The fourth-order valence-corrected chi connectivity index (χ4v) is 3.58. The number of halogens is 3. The van der Waals surface area contributed by atoms with Gasteiger partial charge in [0.1, 0.15) is 0 Å². The Labute approximate surface area is 106 Å². The van der Waals surface area contributed by atoms with E-state index in [0.717, 1.165) is 51.6 Å². The predicted octanol–water partition coefficient (Wildman–Crippen LogP) is 3.10. The Bertz CT molecular complexity index is 268. The number of rotatable bonds is 4. The lowest BCUT2D eigenvalue weighted by molar-refractivity contribution is -0.145. The molecule has 2 aliphatic rings. The van der Waals surface area contributed by atoms with Crippen LogP contribution in [0.15, 0.2) is 0 Å². The maximum Gasteiger partial charge on any atom is 0.389 e. The molecular formula is C13H22F3NO. The van der Waals surface area contributed by atoms with Crippen molar-refractivity contribution in [1.29, 1.82) is 0 Å². The highest BCUT2D eigenvalue weighted by atomic mass is 19.4. The van der Waals surface area contributed by atoms with E-state index in [0.29, 0.717) is 0 Å². The van der Waals surface area contributed by atoms with Crippen molar-refractivity contribution in [3.05, 3.63) is 0 Å². The molecule has 1 saturated carbocycles. The van der Waals surface area contributed by atoms with Crippen molar-refractivity contribution in [2.24, 2.45) is 0 Å². The second-order valence-electron chi connectivity index (χ2n) is 5.67. The summed E-state index contributed by atoms with van der Waals surface area (Å²) in [6.07, 6.45) is -0.0477.